The van der Waals surface area contributed by atoms with Crippen molar-refractivity contribution in [2.45, 2.75) is 148 Å². The van der Waals surface area contributed by atoms with E-state index < -0.39 is 85.5 Å². The van der Waals surface area contributed by atoms with Crippen LogP contribution in [0.1, 0.15) is 129 Å². The van der Waals surface area contributed by atoms with Crippen molar-refractivity contribution < 1.29 is 71.4 Å². The number of phosphoric acid groups is 2. The second kappa shape index (κ2) is 41.0. The largest absolute Gasteiger partial charge is 0.472 e. The maximum absolute atomic E-state index is 12.1. The summed E-state index contributed by atoms with van der Waals surface area (Å²) in [5.41, 5.74) is 0. The van der Waals surface area contributed by atoms with Gasteiger partial charge < -0.3 is 34.6 Å². The summed E-state index contributed by atoms with van der Waals surface area (Å²) in [6.07, 6.45) is 40.1. The summed E-state index contributed by atoms with van der Waals surface area (Å²) < 4.78 is 52.8. The molecule has 0 bridgehead atoms. The second-order valence-electron chi connectivity index (χ2n) is 14.5. The third-order valence-corrected chi connectivity index (χ3v) is 10.4. The van der Waals surface area contributed by atoms with Crippen LogP contribution >= 0.6 is 15.6 Å². The molecular formula is C45H76O15P2. The summed E-state index contributed by atoms with van der Waals surface area (Å²) in [4.78, 5) is 43.6. The zero-order chi connectivity index (χ0) is 46.0. The fourth-order valence-corrected chi connectivity index (χ4v) is 6.64. The molecule has 0 aliphatic heterocycles. The number of carbonyl (C=O) groups is 2. The van der Waals surface area contributed by atoms with Crippen LogP contribution in [0.2, 0.25) is 0 Å². The van der Waals surface area contributed by atoms with E-state index in [0.717, 1.165) is 70.6 Å². The van der Waals surface area contributed by atoms with Crippen LogP contribution < -0.4 is 0 Å². The first-order valence-corrected chi connectivity index (χ1v) is 25.0. The average molecular weight is 919 g/mol. The van der Waals surface area contributed by atoms with Crippen molar-refractivity contribution >= 4 is 27.6 Å². The van der Waals surface area contributed by atoms with Gasteiger partial charge in [-0.05, 0) is 57.8 Å². The molecule has 0 rings (SSSR count). The molecule has 0 saturated carbocycles. The number of ether oxygens (including phenoxy) is 2. The lowest BCUT2D eigenvalue weighted by Gasteiger charge is -2.19. The highest BCUT2D eigenvalue weighted by Gasteiger charge is 2.28. The summed E-state index contributed by atoms with van der Waals surface area (Å²) in [5.74, 6) is -1.05. The molecule has 5 atom stereocenters. The third kappa shape index (κ3) is 42.5. The first-order chi connectivity index (χ1) is 29.8. The zero-order valence-electron chi connectivity index (χ0n) is 37.0. The van der Waals surface area contributed by atoms with Crippen molar-refractivity contribution in [3.8, 4) is 0 Å². The first kappa shape index (κ1) is 59.2. The molecule has 0 aliphatic carbocycles. The van der Waals surface area contributed by atoms with Crippen molar-refractivity contribution in [1.29, 1.82) is 0 Å². The minimum Gasteiger partial charge on any atom is -0.463 e. The Kier molecular flexibility index (Phi) is 39.1. The van der Waals surface area contributed by atoms with Gasteiger partial charge in [-0.3, -0.25) is 27.7 Å². The molecule has 0 aromatic heterocycles. The van der Waals surface area contributed by atoms with Crippen molar-refractivity contribution in [3.63, 3.8) is 0 Å². The van der Waals surface area contributed by atoms with E-state index in [-0.39, 0.29) is 12.8 Å². The number of aliphatic hydroxyl groups excluding tert-OH is 3. The molecule has 0 aliphatic rings. The number of aliphatic hydroxyl groups is 3. The molecule has 0 amide bonds. The average Bonchev–Trinajstić information content (AvgIpc) is 3.24. The van der Waals surface area contributed by atoms with E-state index in [1.807, 2.05) is 54.7 Å². The van der Waals surface area contributed by atoms with Gasteiger partial charge >= 0.3 is 27.6 Å². The number of hydrogen-bond donors (Lipinski definition) is 5. The Labute approximate surface area is 370 Å². The van der Waals surface area contributed by atoms with Gasteiger partial charge in [0.1, 0.15) is 31.5 Å². The lowest BCUT2D eigenvalue weighted by Crippen LogP contribution is -2.25. The van der Waals surface area contributed by atoms with Gasteiger partial charge in [0.25, 0.3) is 0 Å². The van der Waals surface area contributed by atoms with Crippen LogP contribution in [-0.2, 0) is 46.3 Å². The van der Waals surface area contributed by atoms with Gasteiger partial charge in [-0.25, -0.2) is 9.13 Å². The minimum atomic E-state index is -4.80. The van der Waals surface area contributed by atoms with Crippen LogP contribution in [0.5, 0.6) is 0 Å². The molecule has 0 spiro atoms. The number of carbonyl (C=O) groups excluding carboxylic acids is 2. The van der Waals surface area contributed by atoms with Gasteiger partial charge in [-0.2, -0.15) is 0 Å². The second-order valence-corrected chi connectivity index (χ2v) is 17.4. The highest BCUT2D eigenvalue weighted by Crippen LogP contribution is 2.45. The summed E-state index contributed by atoms with van der Waals surface area (Å²) in [6, 6.07) is 0. The lowest BCUT2D eigenvalue weighted by molar-refractivity contribution is -0.148. The Morgan fingerprint density at radius 2 is 0.742 bits per heavy atom. The number of hydrogen-bond acceptors (Lipinski definition) is 13. The van der Waals surface area contributed by atoms with Crippen LogP contribution in [0.15, 0.2) is 85.1 Å². The number of esters is 2. The van der Waals surface area contributed by atoms with Crippen molar-refractivity contribution in [2.75, 3.05) is 39.6 Å². The third-order valence-electron chi connectivity index (χ3n) is 8.49. The summed E-state index contributed by atoms with van der Waals surface area (Å²) in [7, 11) is -9.59. The Bertz CT molecular complexity index is 1440. The molecule has 0 aromatic carbocycles. The number of unbranched alkanes of at least 4 members (excludes halogenated alkanes) is 12. The van der Waals surface area contributed by atoms with E-state index in [9.17, 15) is 43.8 Å². The van der Waals surface area contributed by atoms with Crippen LogP contribution in [0, 0.1) is 0 Å². The Morgan fingerprint density at radius 3 is 1.15 bits per heavy atom. The Balaban J connectivity index is 3.99. The van der Waals surface area contributed by atoms with Gasteiger partial charge in [0.2, 0.25) is 0 Å². The van der Waals surface area contributed by atoms with Gasteiger partial charge in [0.05, 0.1) is 26.4 Å². The predicted molar refractivity (Wildman–Crippen MR) is 242 cm³/mol. The van der Waals surface area contributed by atoms with Crippen molar-refractivity contribution in [1.82, 2.24) is 0 Å². The molecule has 5 N–H and O–H groups in total. The zero-order valence-corrected chi connectivity index (χ0v) is 38.8. The lowest BCUT2D eigenvalue weighted by atomic mass is 10.1. The maximum Gasteiger partial charge on any atom is 0.472 e. The summed E-state index contributed by atoms with van der Waals surface area (Å²) >= 11 is 0. The highest BCUT2D eigenvalue weighted by atomic mass is 31.2. The van der Waals surface area contributed by atoms with Crippen molar-refractivity contribution in [3.05, 3.63) is 85.1 Å². The molecule has 5 unspecified atom stereocenters. The van der Waals surface area contributed by atoms with E-state index in [0.29, 0.717) is 12.8 Å². The molecule has 0 saturated heterocycles. The van der Waals surface area contributed by atoms with E-state index in [1.54, 1.807) is 0 Å². The summed E-state index contributed by atoms with van der Waals surface area (Å²) in [5, 5.41) is 29.9. The fraction of sp³-hybridized carbons (Fsp3) is 0.644. The Hall–Kier alpha value is -2.78. The molecule has 0 aromatic rings. The van der Waals surface area contributed by atoms with Crippen molar-refractivity contribution in [2.24, 2.45) is 0 Å². The SMILES string of the molecule is CC/C=C/C=C/C=C\C=C/C=C/CCCCCC(=O)OCC(O)COP(=O)(O)OCC(O)COP(=O)(O)OCC(O)COC(=O)CCCCCCCC/C=C/C=C/CCCCC. The molecule has 0 radical (unpaired) electrons. The normalized spacial score (nSPS) is 16.0. The molecule has 0 fully saturated rings. The molecule has 0 heterocycles. The van der Waals surface area contributed by atoms with Crippen LogP contribution in [-0.4, -0.2) is 95.0 Å². The quantitative estimate of drug-likeness (QED) is 0.0167. The fourth-order valence-electron chi connectivity index (χ4n) is 5.05. The number of allylic oxidation sites excluding steroid dienone is 14. The van der Waals surface area contributed by atoms with E-state index in [4.69, 9.17) is 9.47 Å². The smallest absolute Gasteiger partial charge is 0.463 e. The molecule has 356 valence electrons. The number of phosphoric ester groups is 2. The summed E-state index contributed by atoms with van der Waals surface area (Å²) in [6.45, 7) is 0.140. The van der Waals surface area contributed by atoms with Crippen LogP contribution in [0.25, 0.3) is 0 Å². The molecule has 17 heteroatoms. The number of rotatable bonds is 41. The van der Waals surface area contributed by atoms with Gasteiger partial charge in [0.15, 0.2) is 0 Å². The topological polar surface area (TPSA) is 225 Å². The molecule has 15 nitrogen and oxygen atoms in total. The first-order valence-electron chi connectivity index (χ1n) is 22.0. The van der Waals surface area contributed by atoms with Gasteiger partial charge in [-0.1, -0.05) is 144 Å². The van der Waals surface area contributed by atoms with Crippen LogP contribution in [0.4, 0.5) is 0 Å². The van der Waals surface area contributed by atoms with Gasteiger partial charge in [-0.15, -0.1) is 0 Å². The standard InChI is InChI=1S/C45H76O15P2/c1-3-5-7-9-11-13-15-17-19-21-23-25-27-29-31-33-44(49)55-35-41(46)37-57-61(51,52)59-39-43(48)40-60-62(53,54)58-38-42(47)36-56-45(50)34-32-30-28-26-24-22-20-18-16-14-12-10-8-6-4-2/h5,7,9,11-19,21,23,41-43,46-48H,3-4,6,8,10,20,22,24-40H2,1-2H3,(H,51,52)(H,53,54)/b7-5+,11-9+,14-12+,15-13-,18-16+,19-17-,23-21+. The predicted octanol–water partition coefficient (Wildman–Crippen LogP) is 9.38. The minimum absolute atomic E-state index is 0.143. The Morgan fingerprint density at radius 1 is 0.435 bits per heavy atom. The maximum atomic E-state index is 12.1. The van der Waals surface area contributed by atoms with E-state index in [2.05, 4.69) is 62.3 Å². The molecular weight excluding hydrogens is 842 g/mol. The van der Waals surface area contributed by atoms with Crippen LogP contribution in [0.3, 0.4) is 0 Å². The molecule has 62 heavy (non-hydrogen) atoms. The van der Waals surface area contributed by atoms with E-state index in [1.165, 1.54) is 19.3 Å². The van der Waals surface area contributed by atoms with Gasteiger partial charge in [0, 0.05) is 12.8 Å². The monoisotopic (exact) mass is 918 g/mol. The highest BCUT2D eigenvalue weighted by molar-refractivity contribution is 7.47. The van der Waals surface area contributed by atoms with E-state index >= 15 is 0 Å².